The van der Waals surface area contributed by atoms with Crippen molar-refractivity contribution in [1.82, 2.24) is 0 Å². The minimum absolute atomic E-state index is 0.000920. The first-order chi connectivity index (χ1) is 9.74. The molecule has 2 nitrogen and oxygen atoms in total. The molecule has 0 radical (unpaired) electrons. The maximum atomic E-state index is 14.1. The molecule has 106 valence electrons. The summed E-state index contributed by atoms with van der Waals surface area (Å²) in [5.41, 5.74) is 1.73. The Morgan fingerprint density at radius 1 is 1.05 bits per heavy atom. The van der Waals surface area contributed by atoms with E-state index in [1.165, 1.54) is 7.11 Å². The molecule has 0 bridgehead atoms. The Balaban J connectivity index is 2.10. The molecule has 0 aliphatic heterocycles. The van der Waals surface area contributed by atoms with Gasteiger partial charge >= 0.3 is 0 Å². The summed E-state index contributed by atoms with van der Waals surface area (Å²) in [5.74, 6) is -0.0839. The number of aliphatic hydroxyl groups is 1. The summed E-state index contributed by atoms with van der Waals surface area (Å²) in [5, 5.41) is 9.51. The van der Waals surface area contributed by atoms with Crippen molar-refractivity contribution < 1.29 is 14.2 Å². The van der Waals surface area contributed by atoms with Crippen molar-refractivity contribution in [3.63, 3.8) is 0 Å². The Kier molecular flexibility index (Phi) is 5.13. The molecule has 1 N–H and O–H groups in total. The molecule has 0 saturated carbocycles. The summed E-state index contributed by atoms with van der Waals surface area (Å²) < 4.78 is 19.1. The van der Waals surface area contributed by atoms with Gasteiger partial charge in [0, 0.05) is 6.61 Å². The van der Waals surface area contributed by atoms with E-state index in [-0.39, 0.29) is 24.1 Å². The molecule has 3 heteroatoms. The molecule has 0 aromatic heterocycles. The number of hydrogen-bond donors (Lipinski definition) is 1. The van der Waals surface area contributed by atoms with Crippen LogP contribution >= 0.6 is 0 Å². The maximum absolute atomic E-state index is 14.1. The molecule has 0 saturated heterocycles. The van der Waals surface area contributed by atoms with E-state index in [0.29, 0.717) is 12.0 Å². The monoisotopic (exact) mass is 274 g/mol. The van der Waals surface area contributed by atoms with Crippen LogP contribution in [0.2, 0.25) is 0 Å². The van der Waals surface area contributed by atoms with E-state index in [9.17, 15) is 9.50 Å². The largest absolute Gasteiger partial charge is 0.494 e. The summed E-state index contributed by atoms with van der Waals surface area (Å²) in [6.45, 7) is 0.0333. The summed E-state index contributed by atoms with van der Waals surface area (Å²) in [6.07, 6.45) is 1.22. The Hall–Kier alpha value is -1.87. The maximum Gasteiger partial charge on any atom is 0.168 e. The van der Waals surface area contributed by atoms with Gasteiger partial charge in [0.15, 0.2) is 11.6 Å². The Bertz CT molecular complexity index is 540. The average Bonchev–Trinajstić information content (AvgIpc) is 2.49. The van der Waals surface area contributed by atoms with Crippen molar-refractivity contribution in [3.8, 4) is 5.75 Å². The molecule has 0 heterocycles. The predicted octanol–water partition coefficient (Wildman–Crippen LogP) is 3.23. The molecule has 20 heavy (non-hydrogen) atoms. The fourth-order valence-electron chi connectivity index (χ4n) is 2.33. The minimum Gasteiger partial charge on any atom is -0.494 e. The van der Waals surface area contributed by atoms with Crippen LogP contribution in [0.25, 0.3) is 0 Å². The summed E-state index contributed by atoms with van der Waals surface area (Å²) in [7, 11) is 1.45. The zero-order valence-corrected chi connectivity index (χ0v) is 11.6. The number of ether oxygens (including phenoxy) is 1. The Labute approximate surface area is 118 Å². The molecule has 0 aliphatic carbocycles. The van der Waals surface area contributed by atoms with Crippen molar-refractivity contribution in [2.45, 2.75) is 12.8 Å². The molecule has 2 aromatic carbocycles. The van der Waals surface area contributed by atoms with Gasteiger partial charge in [-0.15, -0.1) is 0 Å². The van der Waals surface area contributed by atoms with E-state index in [4.69, 9.17) is 4.74 Å². The molecular weight excluding hydrogens is 255 g/mol. The highest BCUT2D eigenvalue weighted by atomic mass is 19.1. The molecule has 0 fully saturated rings. The summed E-state index contributed by atoms with van der Waals surface area (Å²) in [6, 6.07) is 15.0. The Morgan fingerprint density at radius 2 is 1.80 bits per heavy atom. The topological polar surface area (TPSA) is 29.5 Å². The summed E-state index contributed by atoms with van der Waals surface area (Å²) in [4.78, 5) is 0. The van der Waals surface area contributed by atoms with Crippen LogP contribution in [0, 0.1) is 11.7 Å². The van der Waals surface area contributed by atoms with Gasteiger partial charge in [-0.25, -0.2) is 4.39 Å². The second-order valence-electron chi connectivity index (χ2n) is 4.88. The SMILES string of the molecule is COc1cccc(CC(CO)Cc2ccccc2)c1F. The fourth-order valence-corrected chi connectivity index (χ4v) is 2.33. The molecule has 0 amide bonds. The van der Waals surface area contributed by atoms with E-state index >= 15 is 0 Å². The van der Waals surface area contributed by atoms with E-state index in [1.807, 2.05) is 30.3 Å². The van der Waals surface area contributed by atoms with Crippen LogP contribution in [-0.4, -0.2) is 18.8 Å². The van der Waals surface area contributed by atoms with E-state index in [2.05, 4.69) is 0 Å². The van der Waals surface area contributed by atoms with Gasteiger partial charge in [0.2, 0.25) is 0 Å². The van der Waals surface area contributed by atoms with Gasteiger partial charge in [-0.3, -0.25) is 0 Å². The highest BCUT2D eigenvalue weighted by Crippen LogP contribution is 2.23. The molecular formula is C17H19FO2. The number of benzene rings is 2. The van der Waals surface area contributed by atoms with Gasteiger partial charge < -0.3 is 9.84 Å². The highest BCUT2D eigenvalue weighted by molar-refractivity contribution is 5.31. The smallest absolute Gasteiger partial charge is 0.168 e. The van der Waals surface area contributed by atoms with E-state index in [0.717, 1.165) is 12.0 Å². The van der Waals surface area contributed by atoms with Crippen LogP contribution in [0.15, 0.2) is 48.5 Å². The standard InChI is InChI=1S/C17H19FO2/c1-20-16-9-5-8-15(17(16)18)11-14(12-19)10-13-6-3-2-4-7-13/h2-9,14,19H,10-12H2,1H3. The second-order valence-corrected chi connectivity index (χ2v) is 4.88. The number of halogens is 1. The number of methoxy groups -OCH3 is 1. The van der Waals surface area contributed by atoms with Gasteiger partial charge in [0.1, 0.15) is 0 Å². The molecule has 2 aromatic rings. The first-order valence-electron chi connectivity index (χ1n) is 6.70. The van der Waals surface area contributed by atoms with Gasteiger partial charge in [0.05, 0.1) is 7.11 Å². The van der Waals surface area contributed by atoms with Crippen LogP contribution in [0.3, 0.4) is 0 Å². The third-order valence-electron chi connectivity index (χ3n) is 3.40. The third kappa shape index (κ3) is 3.58. The van der Waals surface area contributed by atoms with Crippen molar-refractivity contribution >= 4 is 0 Å². The average molecular weight is 274 g/mol. The van der Waals surface area contributed by atoms with Gasteiger partial charge in [-0.2, -0.15) is 0 Å². The predicted molar refractivity (Wildman–Crippen MR) is 77.4 cm³/mol. The number of hydrogen-bond acceptors (Lipinski definition) is 2. The molecule has 0 aliphatic rings. The second kappa shape index (κ2) is 7.06. The third-order valence-corrected chi connectivity index (χ3v) is 3.40. The lowest BCUT2D eigenvalue weighted by Gasteiger charge is -2.15. The van der Waals surface area contributed by atoms with Gasteiger partial charge in [-0.1, -0.05) is 42.5 Å². The normalized spacial score (nSPS) is 12.2. The molecule has 1 atom stereocenters. The van der Waals surface area contributed by atoms with Crippen molar-refractivity contribution in [3.05, 3.63) is 65.5 Å². The molecule has 0 spiro atoms. The van der Waals surface area contributed by atoms with Crippen LogP contribution < -0.4 is 4.74 Å². The highest BCUT2D eigenvalue weighted by Gasteiger charge is 2.14. The lowest BCUT2D eigenvalue weighted by molar-refractivity contribution is 0.223. The van der Waals surface area contributed by atoms with E-state index in [1.54, 1.807) is 18.2 Å². The first kappa shape index (κ1) is 14.5. The van der Waals surface area contributed by atoms with Crippen molar-refractivity contribution in [1.29, 1.82) is 0 Å². The van der Waals surface area contributed by atoms with E-state index < -0.39 is 0 Å². The molecule has 2 rings (SSSR count). The lowest BCUT2D eigenvalue weighted by atomic mass is 9.93. The quantitative estimate of drug-likeness (QED) is 0.876. The van der Waals surface area contributed by atoms with Crippen LogP contribution in [0.5, 0.6) is 5.75 Å². The van der Waals surface area contributed by atoms with Crippen LogP contribution in [-0.2, 0) is 12.8 Å². The van der Waals surface area contributed by atoms with Crippen LogP contribution in [0.4, 0.5) is 4.39 Å². The first-order valence-corrected chi connectivity index (χ1v) is 6.70. The summed E-state index contributed by atoms with van der Waals surface area (Å²) >= 11 is 0. The van der Waals surface area contributed by atoms with Gasteiger partial charge in [0.25, 0.3) is 0 Å². The number of aliphatic hydroxyl groups excluding tert-OH is 1. The van der Waals surface area contributed by atoms with Crippen LogP contribution in [0.1, 0.15) is 11.1 Å². The fraction of sp³-hybridized carbons (Fsp3) is 0.294. The van der Waals surface area contributed by atoms with Crippen molar-refractivity contribution in [2.75, 3.05) is 13.7 Å². The lowest BCUT2D eigenvalue weighted by Crippen LogP contribution is -2.14. The zero-order valence-electron chi connectivity index (χ0n) is 11.6. The van der Waals surface area contributed by atoms with Gasteiger partial charge in [-0.05, 0) is 36.0 Å². The Morgan fingerprint density at radius 3 is 2.45 bits per heavy atom. The minimum atomic E-state index is -0.332. The van der Waals surface area contributed by atoms with Crippen molar-refractivity contribution in [2.24, 2.45) is 5.92 Å². The number of rotatable bonds is 6. The molecule has 1 unspecified atom stereocenters. The zero-order chi connectivity index (χ0) is 14.4.